The lowest BCUT2D eigenvalue weighted by Crippen LogP contribution is -2.03. The molecule has 0 aliphatic heterocycles. The van der Waals surface area contributed by atoms with Crippen molar-refractivity contribution in [3.8, 4) is 23.0 Å². The molecule has 0 aliphatic rings. The number of halogens is 1. The first-order valence-electron chi connectivity index (χ1n) is 6.99. The maximum absolute atomic E-state index is 13.2. The van der Waals surface area contributed by atoms with Crippen LogP contribution in [0.15, 0.2) is 30.3 Å². The van der Waals surface area contributed by atoms with Gasteiger partial charge < -0.3 is 24.3 Å². The molecule has 0 aliphatic carbocycles. The maximum Gasteiger partial charge on any atom is 0.203 e. The second kappa shape index (κ2) is 7.58. The zero-order valence-electron chi connectivity index (χ0n) is 13.6. The average molecular weight is 321 g/mol. The number of methoxy groups -OCH3 is 4. The molecule has 124 valence electrons. The summed E-state index contributed by atoms with van der Waals surface area (Å²) in [5.74, 6) is 1.79. The van der Waals surface area contributed by atoms with Gasteiger partial charge in [0.05, 0.1) is 34.1 Å². The molecule has 0 heterocycles. The molecule has 6 heteroatoms. The summed E-state index contributed by atoms with van der Waals surface area (Å²) in [6.07, 6.45) is 0. The molecule has 0 radical (unpaired) electrons. The molecule has 0 atom stereocenters. The van der Waals surface area contributed by atoms with Gasteiger partial charge in [0.1, 0.15) is 11.6 Å². The van der Waals surface area contributed by atoms with Crippen molar-refractivity contribution in [2.24, 2.45) is 0 Å². The first-order chi connectivity index (χ1) is 11.1. The van der Waals surface area contributed by atoms with Crippen LogP contribution in [0.2, 0.25) is 0 Å². The molecule has 0 saturated heterocycles. The van der Waals surface area contributed by atoms with Crippen LogP contribution in [-0.4, -0.2) is 28.4 Å². The van der Waals surface area contributed by atoms with E-state index < -0.39 is 0 Å². The van der Waals surface area contributed by atoms with E-state index in [-0.39, 0.29) is 5.82 Å². The second-order valence-electron chi connectivity index (χ2n) is 4.73. The van der Waals surface area contributed by atoms with Gasteiger partial charge in [-0.05, 0) is 29.8 Å². The van der Waals surface area contributed by atoms with Gasteiger partial charge in [0.2, 0.25) is 5.75 Å². The normalized spacial score (nSPS) is 10.1. The summed E-state index contributed by atoms with van der Waals surface area (Å²) in [4.78, 5) is 0. The largest absolute Gasteiger partial charge is 0.494 e. The van der Waals surface area contributed by atoms with Gasteiger partial charge in [0, 0.05) is 12.6 Å². The number of nitrogens with one attached hydrogen (secondary N) is 1. The average Bonchev–Trinajstić information content (AvgIpc) is 2.59. The molecule has 0 unspecified atom stereocenters. The van der Waals surface area contributed by atoms with Crippen LogP contribution in [0.3, 0.4) is 0 Å². The lowest BCUT2D eigenvalue weighted by atomic mass is 10.1. The van der Waals surface area contributed by atoms with E-state index in [9.17, 15) is 4.39 Å². The molecule has 0 fully saturated rings. The first-order valence-corrected chi connectivity index (χ1v) is 6.99. The van der Waals surface area contributed by atoms with Gasteiger partial charge in [-0.1, -0.05) is 0 Å². The number of rotatable bonds is 7. The van der Waals surface area contributed by atoms with Gasteiger partial charge in [0.25, 0.3) is 0 Å². The Morgan fingerprint density at radius 3 is 1.96 bits per heavy atom. The van der Waals surface area contributed by atoms with Gasteiger partial charge >= 0.3 is 0 Å². The van der Waals surface area contributed by atoms with E-state index in [0.717, 1.165) is 5.56 Å². The van der Waals surface area contributed by atoms with Gasteiger partial charge in [0.15, 0.2) is 11.5 Å². The van der Waals surface area contributed by atoms with Gasteiger partial charge in [-0.2, -0.15) is 0 Å². The zero-order chi connectivity index (χ0) is 16.8. The predicted octanol–water partition coefficient (Wildman–Crippen LogP) is 3.47. The van der Waals surface area contributed by atoms with Crippen LogP contribution >= 0.6 is 0 Å². The van der Waals surface area contributed by atoms with E-state index in [1.54, 1.807) is 27.4 Å². The summed E-state index contributed by atoms with van der Waals surface area (Å²) < 4.78 is 34.3. The Bertz CT molecular complexity index is 651. The number of hydrogen-bond donors (Lipinski definition) is 1. The lowest BCUT2D eigenvalue weighted by molar-refractivity contribution is 0.324. The van der Waals surface area contributed by atoms with Crippen LogP contribution in [-0.2, 0) is 6.54 Å². The molecule has 1 N–H and O–H groups in total. The zero-order valence-corrected chi connectivity index (χ0v) is 13.6. The predicted molar refractivity (Wildman–Crippen MR) is 86.4 cm³/mol. The molecule has 5 nitrogen and oxygen atoms in total. The first kappa shape index (κ1) is 16.7. The van der Waals surface area contributed by atoms with Crippen LogP contribution < -0.4 is 24.3 Å². The summed E-state index contributed by atoms with van der Waals surface area (Å²) in [6.45, 7) is 0.485. The summed E-state index contributed by atoms with van der Waals surface area (Å²) in [7, 11) is 6.19. The SMILES string of the molecule is COc1cc(F)ccc1NCc1cc(OC)c(OC)c(OC)c1. The molecule has 2 rings (SSSR count). The Kier molecular flexibility index (Phi) is 5.51. The van der Waals surface area contributed by atoms with E-state index in [1.165, 1.54) is 19.2 Å². The van der Waals surface area contributed by atoms with Gasteiger partial charge in [-0.25, -0.2) is 4.39 Å². The number of anilines is 1. The highest BCUT2D eigenvalue weighted by Gasteiger charge is 2.13. The fraction of sp³-hybridized carbons (Fsp3) is 0.294. The summed E-state index contributed by atoms with van der Waals surface area (Å²) in [5.41, 5.74) is 1.62. The monoisotopic (exact) mass is 321 g/mol. The number of benzene rings is 2. The molecule has 0 saturated carbocycles. The topological polar surface area (TPSA) is 49.0 Å². The Hall–Kier alpha value is -2.63. The minimum Gasteiger partial charge on any atom is -0.494 e. The summed E-state index contributed by atoms with van der Waals surface area (Å²) in [5, 5.41) is 3.20. The van der Waals surface area contributed by atoms with Gasteiger partial charge in [-0.15, -0.1) is 0 Å². The van der Waals surface area contributed by atoms with Crippen molar-refractivity contribution >= 4 is 5.69 Å². The molecule has 0 aromatic heterocycles. The molecule has 0 spiro atoms. The smallest absolute Gasteiger partial charge is 0.203 e. The quantitative estimate of drug-likeness (QED) is 0.846. The van der Waals surface area contributed by atoms with Crippen molar-refractivity contribution in [1.82, 2.24) is 0 Å². The summed E-state index contributed by atoms with van der Waals surface area (Å²) >= 11 is 0. The van der Waals surface area contributed by atoms with Crippen LogP contribution in [0.25, 0.3) is 0 Å². The van der Waals surface area contributed by atoms with Crippen LogP contribution in [0.5, 0.6) is 23.0 Å². The van der Waals surface area contributed by atoms with E-state index in [4.69, 9.17) is 18.9 Å². The maximum atomic E-state index is 13.2. The Labute approximate surface area is 134 Å². The van der Waals surface area contributed by atoms with Gasteiger partial charge in [-0.3, -0.25) is 0 Å². The van der Waals surface area contributed by atoms with Crippen molar-refractivity contribution in [3.63, 3.8) is 0 Å². The number of ether oxygens (including phenoxy) is 4. The molecular weight excluding hydrogens is 301 g/mol. The van der Waals surface area contributed by atoms with Crippen LogP contribution in [0.1, 0.15) is 5.56 Å². The number of hydrogen-bond acceptors (Lipinski definition) is 5. The van der Waals surface area contributed by atoms with E-state index in [0.29, 0.717) is 35.2 Å². The molecule has 2 aromatic rings. The van der Waals surface area contributed by atoms with E-state index >= 15 is 0 Å². The highest BCUT2D eigenvalue weighted by molar-refractivity contribution is 5.58. The van der Waals surface area contributed by atoms with E-state index in [2.05, 4.69) is 5.32 Å². The van der Waals surface area contributed by atoms with Crippen molar-refractivity contribution in [3.05, 3.63) is 41.7 Å². The lowest BCUT2D eigenvalue weighted by Gasteiger charge is -2.15. The minimum atomic E-state index is -0.347. The van der Waals surface area contributed by atoms with Crippen molar-refractivity contribution in [1.29, 1.82) is 0 Å². The third-order valence-corrected chi connectivity index (χ3v) is 3.37. The Balaban J connectivity index is 2.24. The fourth-order valence-electron chi connectivity index (χ4n) is 2.25. The standard InChI is InChI=1S/C17H20FNO4/c1-20-14-9-12(18)5-6-13(14)19-10-11-7-15(21-2)17(23-4)16(8-11)22-3/h5-9,19H,10H2,1-4H3. The third kappa shape index (κ3) is 3.77. The van der Waals surface area contributed by atoms with Crippen molar-refractivity contribution in [2.45, 2.75) is 6.54 Å². The second-order valence-corrected chi connectivity index (χ2v) is 4.73. The Morgan fingerprint density at radius 1 is 0.826 bits per heavy atom. The van der Waals surface area contributed by atoms with Crippen LogP contribution in [0, 0.1) is 5.82 Å². The third-order valence-electron chi connectivity index (χ3n) is 3.37. The molecular formula is C17H20FNO4. The summed E-state index contributed by atoms with van der Waals surface area (Å²) in [6, 6.07) is 8.04. The Morgan fingerprint density at radius 2 is 1.43 bits per heavy atom. The highest BCUT2D eigenvalue weighted by atomic mass is 19.1. The fourth-order valence-corrected chi connectivity index (χ4v) is 2.25. The van der Waals surface area contributed by atoms with Crippen LogP contribution in [0.4, 0.5) is 10.1 Å². The highest BCUT2D eigenvalue weighted by Crippen LogP contribution is 2.38. The molecule has 0 amide bonds. The minimum absolute atomic E-state index is 0.347. The molecule has 2 aromatic carbocycles. The molecule has 0 bridgehead atoms. The van der Waals surface area contributed by atoms with E-state index in [1.807, 2.05) is 12.1 Å². The van der Waals surface area contributed by atoms with Crippen molar-refractivity contribution in [2.75, 3.05) is 33.8 Å². The van der Waals surface area contributed by atoms with Crippen molar-refractivity contribution < 1.29 is 23.3 Å². The molecule has 23 heavy (non-hydrogen) atoms.